The molecule has 4 nitrogen and oxygen atoms in total. The molecule has 0 radical (unpaired) electrons. The normalized spacial score (nSPS) is 24.7. The second kappa shape index (κ2) is 6.15. The van der Waals surface area contributed by atoms with E-state index >= 15 is 0 Å². The fourth-order valence-corrected chi connectivity index (χ4v) is 2.52. The summed E-state index contributed by atoms with van der Waals surface area (Å²) < 4.78 is 10.7. The molecule has 0 aliphatic heterocycles. The number of carbonyl (C=O) groups is 2. The van der Waals surface area contributed by atoms with Crippen LogP contribution in [0.3, 0.4) is 0 Å². The van der Waals surface area contributed by atoms with Crippen LogP contribution in [-0.4, -0.2) is 24.1 Å². The lowest BCUT2D eigenvalue weighted by atomic mass is 9.54. The highest BCUT2D eigenvalue weighted by Crippen LogP contribution is 2.52. The summed E-state index contributed by atoms with van der Waals surface area (Å²) in [6, 6.07) is 0. The van der Waals surface area contributed by atoms with Crippen LogP contribution >= 0.6 is 0 Å². The number of unbranched alkanes of at least 4 members (excludes halogenated alkanes) is 1. The van der Waals surface area contributed by atoms with Crippen LogP contribution in [0.4, 0.5) is 0 Å². The first-order chi connectivity index (χ1) is 9.09. The lowest BCUT2D eigenvalue weighted by Crippen LogP contribution is -2.54. The van der Waals surface area contributed by atoms with Crippen molar-refractivity contribution in [2.75, 3.05) is 6.61 Å². The van der Waals surface area contributed by atoms with E-state index in [1.807, 2.05) is 34.6 Å². The molecule has 0 unspecified atom stereocenters. The summed E-state index contributed by atoms with van der Waals surface area (Å²) in [5, 5.41) is 0. The van der Waals surface area contributed by atoms with E-state index in [4.69, 9.17) is 9.47 Å². The van der Waals surface area contributed by atoms with Gasteiger partial charge in [-0.25, -0.2) is 0 Å². The topological polar surface area (TPSA) is 52.6 Å². The van der Waals surface area contributed by atoms with Crippen LogP contribution in [0.15, 0.2) is 0 Å². The lowest BCUT2D eigenvalue weighted by Gasteiger charge is -2.49. The first-order valence-corrected chi connectivity index (χ1v) is 7.49. The maximum atomic E-state index is 12.1. The molecule has 1 saturated carbocycles. The van der Waals surface area contributed by atoms with Crippen molar-refractivity contribution in [3.63, 3.8) is 0 Å². The van der Waals surface area contributed by atoms with Gasteiger partial charge in [0.25, 0.3) is 0 Å². The van der Waals surface area contributed by atoms with Crippen molar-refractivity contribution in [3.05, 3.63) is 0 Å². The Bertz CT molecular complexity index is 365. The molecule has 20 heavy (non-hydrogen) atoms. The van der Waals surface area contributed by atoms with E-state index in [0.717, 1.165) is 12.8 Å². The minimum atomic E-state index is -0.486. The fourth-order valence-electron chi connectivity index (χ4n) is 2.52. The van der Waals surface area contributed by atoms with Gasteiger partial charge in [0, 0.05) is 0 Å². The zero-order valence-corrected chi connectivity index (χ0v) is 13.6. The molecule has 2 atom stereocenters. The Morgan fingerprint density at radius 1 is 1.15 bits per heavy atom. The zero-order chi connectivity index (χ0) is 15.6. The molecule has 1 aliphatic rings. The second-order valence-corrected chi connectivity index (χ2v) is 7.22. The van der Waals surface area contributed by atoms with E-state index < -0.39 is 5.60 Å². The molecule has 0 saturated heterocycles. The Balaban J connectivity index is 2.54. The highest BCUT2D eigenvalue weighted by molar-refractivity contribution is 5.82. The van der Waals surface area contributed by atoms with Gasteiger partial charge in [-0.05, 0) is 39.0 Å². The smallest absolute Gasteiger partial charge is 0.310 e. The number of ether oxygens (including phenoxy) is 2. The first kappa shape index (κ1) is 17.0. The van der Waals surface area contributed by atoms with Gasteiger partial charge in [-0.15, -0.1) is 0 Å². The summed E-state index contributed by atoms with van der Waals surface area (Å²) in [5.41, 5.74) is -0.870. The molecule has 0 heterocycles. The Labute approximate surface area is 122 Å². The molecule has 0 bridgehead atoms. The molecular formula is C16H28O4. The lowest BCUT2D eigenvalue weighted by molar-refractivity contribution is -0.185. The van der Waals surface area contributed by atoms with Crippen molar-refractivity contribution in [2.24, 2.45) is 17.3 Å². The molecule has 116 valence electrons. The van der Waals surface area contributed by atoms with E-state index in [-0.39, 0.29) is 29.2 Å². The molecular weight excluding hydrogens is 256 g/mol. The third kappa shape index (κ3) is 3.97. The summed E-state index contributed by atoms with van der Waals surface area (Å²) in [5.74, 6) is -0.800. The van der Waals surface area contributed by atoms with E-state index in [9.17, 15) is 9.59 Å². The Kier molecular flexibility index (Phi) is 5.22. The number of hydrogen-bond acceptors (Lipinski definition) is 4. The summed E-state index contributed by atoms with van der Waals surface area (Å²) in [6.45, 7) is 12.0. The first-order valence-electron chi connectivity index (χ1n) is 7.49. The van der Waals surface area contributed by atoms with Crippen molar-refractivity contribution in [2.45, 2.75) is 66.4 Å². The minimum Gasteiger partial charge on any atom is -0.465 e. The summed E-state index contributed by atoms with van der Waals surface area (Å²) in [4.78, 5) is 24.1. The van der Waals surface area contributed by atoms with Gasteiger partial charge < -0.3 is 9.47 Å². The Hall–Kier alpha value is -1.06. The van der Waals surface area contributed by atoms with Crippen molar-refractivity contribution in [1.82, 2.24) is 0 Å². The number of carbonyl (C=O) groups excluding carboxylic acids is 2. The van der Waals surface area contributed by atoms with Crippen LogP contribution in [-0.2, 0) is 19.1 Å². The fraction of sp³-hybridized carbons (Fsp3) is 0.875. The van der Waals surface area contributed by atoms with E-state index in [1.54, 1.807) is 0 Å². The van der Waals surface area contributed by atoms with Gasteiger partial charge in [0.2, 0.25) is 0 Å². The molecule has 0 N–H and O–H groups in total. The molecule has 0 aromatic carbocycles. The van der Waals surface area contributed by atoms with Gasteiger partial charge in [-0.2, -0.15) is 0 Å². The Morgan fingerprint density at radius 3 is 2.15 bits per heavy atom. The highest BCUT2D eigenvalue weighted by Gasteiger charge is 2.56. The summed E-state index contributed by atoms with van der Waals surface area (Å²) in [7, 11) is 0. The maximum Gasteiger partial charge on any atom is 0.310 e. The zero-order valence-electron chi connectivity index (χ0n) is 13.6. The third-order valence-corrected chi connectivity index (χ3v) is 3.99. The molecule has 0 spiro atoms. The van der Waals surface area contributed by atoms with Crippen LogP contribution in [0.2, 0.25) is 0 Å². The standard InChI is InChI=1S/C16H28O4/c1-7-8-9-19-13(17)11-10-12(16(11,5)6)14(18)20-15(2,3)4/h11-12H,7-10H2,1-6H3/t11-,12+/m1/s1. The molecule has 0 aromatic heterocycles. The van der Waals surface area contributed by atoms with Gasteiger partial charge in [-0.3, -0.25) is 9.59 Å². The van der Waals surface area contributed by atoms with Crippen molar-refractivity contribution >= 4 is 11.9 Å². The number of hydrogen-bond donors (Lipinski definition) is 0. The van der Waals surface area contributed by atoms with Gasteiger partial charge in [0.1, 0.15) is 5.60 Å². The van der Waals surface area contributed by atoms with E-state index in [2.05, 4.69) is 6.92 Å². The predicted molar refractivity (Wildman–Crippen MR) is 77.1 cm³/mol. The van der Waals surface area contributed by atoms with Gasteiger partial charge in [-0.1, -0.05) is 27.2 Å². The third-order valence-electron chi connectivity index (χ3n) is 3.99. The SMILES string of the molecule is CCCCOC(=O)[C@H]1C[C@@H](C(=O)OC(C)(C)C)C1(C)C. The molecule has 0 amide bonds. The van der Waals surface area contributed by atoms with Crippen LogP contribution in [0.25, 0.3) is 0 Å². The maximum absolute atomic E-state index is 12.1. The molecule has 0 aromatic rings. The highest BCUT2D eigenvalue weighted by atomic mass is 16.6. The summed E-state index contributed by atoms with van der Waals surface area (Å²) >= 11 is 0. The van der Waals surface area contributed by atoms with Crippen molar-refractivity contribution in [3.8, 4) is 0 Å². The average molecular weight is 284 g/mol. The van der Waals surface area contributed by atoms with Crippen LogP contribution in [0.5, 0.6) is 0 Å². The predicted octanol–water partition coefficient (Wildman–Crippen LogP) is 3.33. The minimum absolute atomic E-state index is 0.178. The second-order valence-electron chi connectivity index (χ2n) is 7.22. The quantitative estimate of drug-likeness (QED) is 0.574. The summed E-state index contributed by atoms with van der Waals surface area (Å²) in [6.07, 6.45) is 2.42. The van der Waals surface area contributed by atoms with Gasteiger partial charge >= 0.3 is 11.9 Å². The molecule has 1 rings (SSSR count). The van der Waals surface area contributed by atoms with Gasteiger partial charge in [0.15, 0.2) is 0 Å². The number of esters is 2. The van der Waals surface area contributed by atoms with Crippen molar-refractivity contribution in [1.29, 1.82) is 0 Å². The van der Waals surface area contributed by atoms with Crippen LogP contribution < -0.4 is 0 Å². The largest absolute Gasteiger partial charge is 0.465 e. The molecule has 1 fully saturated rings. The number of rotatable bonds is 5. The van der Waals surface area contributed by atoms with Crippen LogP contribution in [0.1, 0.15) is 60.8 Å². The Morgan fingerprint density at radius 2 is 1.70 bits per heavy atom. The van der Waals surface area contributed by atoms with E-state index in [0.29, 0.717) is 13.0 Å². The average Bonchev–Trinajstić information content (AvgIpc) is 2.25. The molecule has 1 aliphatic carbocycles. The molecule has 4 heteroatoms. The monoisotopic (exact) mass is 284 g/mol. The van der Waals surface area contributed by atoms with Crippen LogP contribution in [0, 0.1) is 17.3 Å². The van der Waals surface area contributed by atoms with Gasteiger partial charge in [0.05, 0.1) is 18.4 Å². The van der Waals surface area contributed by atoms with Crippen molar-refractivity contribution < 1.29 is 19.1 Å². The van der Waals surface area contributed by atoms with E-state index in [1.165, 1.54) is 0 Å².